The fraction of sp³-hybridized carbons (Fsp3) is 0.379. The summed E-state index contributed by atoms with van der Waals surface area (Å²) in [7, 11) is 1.69. The number of pyridine rings is 1. The summed E-state index contributed by atoms with van der Waals surface area (Å²) in [6.45, 7) is 4.30. The lowest BCUT2D eigenvalue weighted by molar-refractivity contribution is 0.0685. The zero-order valence-electron chi connectivity index (χ0n) is 21.4. The van der Waals surface area contributed by atoms with Gasteiger partial charge in [0.15, 0.2) is 5.65 Å². The molecular weight excluding hydrogens is 466 g/mol. The number of amides is 1. The summed E-state index contributed by atoms with van der Waals surface area (Å²) in [6.07, 6.45) is 9.11. The quantitative estimate of drug-likeness (QED) is 0.355. The van der Waals surface area contributed by atoms with E-state index in [1.807, 2.05) is 41.6 Å². The van der Waals surface area contributed by atoms with E-state index in [-0.39, 0.29) is 24.1 Å². The van der Waals surface area contributed by atoms with Crippen LogP contribution in [0.5, 0.6) is 5.75 Å². The molecule has 2 aliphatic rings. The Morgan fingerprint density at radius 3 is 2.49 bits per heavy atom. The van der Waals surface area contributed by atoms with Crippen molar-refractivity contribution in [1.82, 2.24) is 24.5 Å². The zero-order chi connectivity index (χ0) is 25.5. The number of nitrogens with zero attached hydrogens (tertiary/aromatic N) is 5. The van der Waals surface area contributed by atoms with Gasteiger partial charge >= 0.3 is 6.09 Å². The number of hydrogen-bond donors (Lipinski definition) is 0. The molecule has 2 saturated heterocycles. The van der Waals surface area contributed by atoms with Crippen LogP contribution in [0.4, 0.5) is 4.79 Å². The molecule has 0 N–H and O–H groups in total. The zero-order valence-corrected chi connectivity index (χ0v) is 21.4. The van der Waals surface area contributed by atoms with Crippen LogP contribution in [0.15, 0.2) is 55.0 Å². The fourth-order valence-corrected chi connectivity index (χ4v) is 6.14. The molecule has 2 aliphatic heterocycles. The van der Waals surface area contributed by atoms with Crippen LogP contribution < -0.4 is 4.74 Å². The summed E-state index contributed by atoms with van der Waals surface area (Å²) >= 11 is 0. The summed E-state index contributed by atoms with van der Waals surface area (Å²) in [6, 6.07) is 12.7. The molecular formula is C29H31N5O3. The van der Waals surface area contributed by atoms with E-state index in [1.165, 1.54) is 0 Å². The Labute approximate surface area is 216 Å². The van der Waals surface area contributed by atoms with Gasteiger partial charge < -0.3 is 14.4 Å². The van der Waals surface area contributed by atoms with Gasteiger partial charge in [0.2, 0.25) is 0 Å². The van der Waals surface area contributed by atoms with E-state index in [9.17, 15) is 4.79 Å². The first kappa shape index (κ1) is 23.5. The Morgan fingerprint density at radius 2 is 1.78 bits per heavy atom. The van der Waals surface area contributed by atoms with Gasteiger partial charge in [-0.15, -0.1) is 0 Å². The average molecular weight is 498 g/mol. The van der Waals surface area contributed by atoms with Gasteiger partial charge in [-0.25, -0.2) is 14.3 Å². The molecule has 8 heteroatoms. The van der Waals surface area contributed by atoms with Crippen molar-refractivity contribution >= 4 is 11.7 Å². The molecule has 8 nitrogen and oxygen atoms in total. The molecule has 0 aliphatic carbocycles. The molecule has 1 amide bonds. The van der Waals surface area contributed by atoms with Crippen molar-refractivity contribution in [3.05, 3.63) is 66.2 Å². The molecule has 1 aromatic carbocycles. The highest BCUT2D eigenvalue weighted by Crippen LogP contribution is 2.44. The number of methoxy groups -OCH3 is 1. The largest absolute Gasteiger partial charge is 0.496 e. The first-order valence-corrected chi connectivity index (χ1v) is 13.0. The molecule has 190 valence electrons. The maximum absolute atomic E-state index is 12.6. The first-order chi connectivity index (χ1) is 18.1. The minimum atomic E-state index is -0.178. The number of rotatable bonds is 5. The topological polar surface area (TPSA) is 81.8 Å². The number of hydrogen-bond acceptors (Lipinski definition) is 6. The standard InChI is InChI=1S/C29H31N5O3/c1-4-37-29(35)33-22-7-8-23(33)16-21(15-22)24-11-14-31-28-26(20-6-5-18(2)25(17-20)36-3)27(32-34(24)28)19-9-12-30-13-10-19/h5-6,9-14,17,21-23H,4,7-8,15-16H2,1-3H3. The second-order valence-corrected chi connectivity index (χ2v) is 9.91. The smallest absolute Gasteiger partial charge is 0.410 e. The number of carbonyl (C=O) groups is 1. The average Bonchev–Trinajstić information content (AvgIpc) is 3.44. The van der Waals surface area contributed by atoms with E-state index < -0.39 is 0 Å². The third-order valence-corrected chi connectivity index (χ3v) is 7.83. The Kier molecular flexibility index (Phi) is 6.02. The lowest BCUT2D eigenvalue weighted by atomic mass is 9.88. The predicted molar refractivity (Wildman–Crippen MR) is 141 cm³/mol. The maximum atomic E-state index is 12.6. The SMILES string of the molecule is CCOC(=O)N1C2CCC1CC(c1ccnc3c(-c4ccc(C)c(OC)c4)c(-c4ccncc4)nn13)C2. The van der Waals surface area contributed by atoms with E-state index >= 15 is 0 Å². The Hall–Kier alpha value is -3.94. The summed E-state index contributed by atoms with van der Waals surface area (Å²) < 4.78 is 13.0. The molecule has 2 fully saturated rings. The van der Waals surface area contributed by atoms with Crippen LogP contribution in [-0.2, 0) is 4.74 Å². The lowest BCUT2D eigenvalue weighted by Gasteiger charge is -2.38. The number of benzene rings is 1. The van der Waals surface area contributed by atoms with E-state index in [0.29, 0.717) is 6.61 Å². The van der Waals surface area contributed by atoms with Crippen molar-refractivity contribution in [2.45, 2.75) is 57.5 Å². The first-order valence-electron chi connectivity index (χ1n) is 13.0. The van der Waals surface area contributed by atoms with Gasteiger partial charge in [-0.1, -0.05) is 12.1 Å². The fourth-order valence-electron chi connectivity index (χ4n) is 6.14. The van der Waals surface area contributed by atoms with Crippen molar-refractivity contribution in [3.63, 3.8) is 0 Å². The van der Waals surface area contributed by atoms with Crippen LogP contribution in [0.1, 0.15) is 49.8 Å². The highest BCUT2D eigenvalue weighted by molar-refractivity contribution is 5.91. The van der Waals surface area contributed by atoms with Gasteiger partial charge in [0.1, 0.15) is 11.4 Å². The van der Waals surface area contributed by atoms with Crippen LogP contribution in [0.3, 0.4) is 0 Å². The van der Waals surface area contributed by atoms with E-state index in [2.05, 4.69) is 29.2 Å². The van der Waals surface area contributed by atoms with E-state index in [1.54, 1.807) is 19.5 Å². The van der Waals surface area contributed by atoms with Gasteiger partial charge in [-0.2, -0.15) is 5.10 Å². The maximum Gasteiger partial charge on any atom is 0.410 e. The molecule has 6 rings (SSSR count). The number of aromatic nitrogens is 4. The molecule has 0 saturated carbocycles. The van der Waals surface area contributed by atoms with Gasteiger partial charge in [-0.3, -0.25) is 4.98 Å². The predicted octanol–water partition coefficient (Wildman–Crippen LogP) is 5.64. The molecule has 4 aromatic rings. The Morgan fingerprint density at radius 1 is 1.03 bits per heavy atom. The van der Waals surface area contributed by atoms with Gasteiger partial charge in [0.25, 0.3) is 0 Å². The monoisotopic (exact) mass is 497 g/mol. The molecule has 5 heterocycles. The van der Waals surface area contributed by atoms with Crippen molar-refractivity contribution in [2.24, 2.45) is 0 Å². The van der Waals surface area contributed by atoms with Crippen molar-refractivity contribution < 1.29 is 14.3 Å². The lowest BCUT2D eigenvalue weighted by Crippen LogP contribution is -2.46. The summed E-state index contributed by atoms with van der Waals surface area (Å²) in [5.41, 5.74) is 6.84. The number of fused-ring (bicyclic) bond motifs is 3. The highest BCUT2D eigenvalue weighted by atomic mass is 16.6. The van der Waals surface area contributed by atoms with Crippen LogP contribution in [0, 0.1) is 6.92 Å². The van der Waals surface area contributed by atoms with Crippen LogP contribution in [-0.4, -0.2) is 56.4 Å². The van der Waals surface area contributed by atoms with E-state index in [0.717, 1.165) is 70.7 Å². The minimum absolute atomic E-state index is 0.178. The molecule has 2 unspecified atom stereocenters. The second-order valence-electron chi connectivity index (χ2n) is 9.91. The molecule has 2 bridgehead atoms. The van der Waals surface area contributed by atoms with Gasteiger partial charge in [0.05, 0.1) is 19.3 Å². The summed E-state index contributed by atoms with van der Waals surface area (Å²) in [5, 5.41) is 5.15. The van der Waals surface area contributed by atoms with Crippen molar-refractivity contribution in [2.75, 3.05) is 13.7 Å². The molecule has 37 heavy (non-hydrogen) atoms. The third kappa shape index (κ3) is 4.00. The summed E-state index contributed by atoms with van der Waals surface area (Å²) in [4.78, 5) is 23.6. The normalized spacial score (nSPS) is 20.8. The Balaban J connectivity index is 1.47. The van der Waals surface area contributed by atoms with Crippen molar-refractivity contribution in [1.29, 1.82) is 0 Å². The van der Waals surface area contributed by atoms with Crippen molar-refractivity contribution in [3.8, 4) is 28.1 Å². The minimum Gasteiger partial charge on any atom is -0.496 e. The molecule has 0 spiro atoms. The number of aryl methyl sites for hydroxylation is 1. The van der Waals surface area contributed by atoms with Crippen LogP contribution in [0.25, 0.3) is 28.0 Å². The second kappa shape index (κ2) is 9.50. The Bertz CT molecular complexity index is 1440. The number of carbonyl (C=O) groups excluding carboxylic acids is 1. The molecule has 0 radical (unpaired) electrons. The van der Waals surface area contributed by atoms with Crippen LogP contribution >= 0.6 is 0 Å². The third-order valence-electron chi connectivity index (χ3n) is 7.83. The van der Waals surface area contributed by atoms with Gasteiger partial charge in [-0.05, 0) is 74.9 Å². The number of ether oxygens (including phenoxy) is 2. The number of piperidine rings is 1. The summed E-state index contributed by atoms with van der Waals surface area (Å²) in [5.74, 6) is 1.11. The van der Waals surface area contributed by atoms with E-state index in [4.69, 9.17) is 19.6 Å². The van der Waals surface area contributed by atoms with Gasteiger partial charge in [0, 0.05) is 47.8 Å². The molecule has 3 aromatic heterocycles. The molecule has 2 atom stereocenters. The highest BCUT2D eigenvalue weighted by Gasteiger charge is 2.45. The van der Waals surface area contributed by atoms with Crippen LogP contribution in [0.2, 0.25) is 0 Å².